The van der Waals surface area contributed by atoms with Gasteiger partial charge in [0.15, 0.2) is 5.82 Å². The largest absolute Gasteiger partial charge is 0.377 e. The summed E-state index contributed by atoms with van der Waals surface area (Å²) in [4.78, 5) is 22.2. The first-order chi connectivity index (χ1) is 12.1. The van der Waals surface area contributed by atoms with Crippen molar-refractivity contribution in [2.45, 2.75) is 26.1 Å². The summed E-state index contributed by atoms with van der Waals surface area (Å²) in [5.41, 5.74) is 2.98. The number of ether oxygens (including phenoxy) is 1. The Morgan fingerprint density at radius 3 is 2.80 bits per heavy atom. The second-order valence-electron chi connectivity index (χ2n) is 6.32. The van der Waals surface area contributed by atoms with Gasteiger partial charge in [0.05, 0.1) is 29.9 Å². The topological polar surface area (TPSA) is 93.4 Å². The zero-order valence-corrected chi connectivity index (χ0v) is 13.9. The zero-order chi connectivity index (χ0) is 17.4. The number of nitro groups is 1. The minimum atomic E-state index is -0.405. The van der Waals surface area contributed by atoms with Crippen molar-refractivity contribution >= 4 is 11.5 Å². The van der Waals surface area contributed by atoms with Gasteiger partial charge < -0.3 is 15.0 Å². The Morgan fingerprint density at radius 2 is 2.08 bits per heavy atom. The van der Waals surface area contributed by atoms with Gasteiger partial charge in [0.25, 0.3) is 5.69 Å². The van der Waals surface area contributed by atoms with Crippen LogP contribution in [-0.4, -0.2) is 40.7 Å². The van der Waals surface area contributed by atoms with Gasteiger partial charge in [-0.1, -0.05) is 0 Å². The Hall–Kier alpha value is -2.58. The van der Waals surface area contributed by atoms with E-state index < -0.39 is 4.92 Å². The van der Waals surface area contributed by atoms with Crippen molar-refractivity contribution in [3.8, 4) is 11.4 Å². The predicted octanol–water partition coefficient (Wildman–Crippen LogP) is 1.88. The van der Waals surface area contributed by atoms with Crippen LogP contribution in [0.5, 0.6) is 0 Å². The van der Waals surface area contributed by atoms with Crippen molar-refractivity contribution in [3.05, 3.63) is 45.6 Å². The van der Waals surface area contributed by atoms with Crippen molar-refractivity contribution in [3.63, 3.8) is 0 Å². The summed E-state index contributed by atoms with van der Waals surface area (Å²) in [7, 11) is 0. The van der Waals surface area contributed by atoms with Crippen LogP contribution in [0.2, 0.25) is 0 Å². The molecular weight excluding hydrogens is 322 g/mol. The van der Waals surface area contributed by atoms with Gasteiger partial charge >= 0.3 is 0 Å². The summed E-state index contributed by atoms with van der Waals surface area (Å²) in [6.45, 7) is 5.76. The van der Waals surface area contributed by atoms with Gasteiger partial charge in [0.1, 0.15) is 5.82 Å². The van der Waals surface area contributed by atoms with E-state index in [9.17, 15) is 10.1 Å². The monoisotopic (exact) mass is 341 g/mol. The molecule has 1 aromatic heterocycles. The van der Waals surface area contributed by atoms with Crippen molar-refractivity contribution in [1.29, 1.82) is 0 Å². The van der Waals surface area contributed by atoms with Gasteiger partial charge in [0.2, 0.25) is 0 Å². The third-order valence-electron chi connectivity index (χ3n) is 4.64. The molecule has 1 fully saturated rings. The number of hydrogen-bond donors (Lipinski definition) is 1. The molecule has 130 valence electrons. The highest BCUT2D eigenvalue weighted by atomic mass is 16.6. The first-order valence-electron chi connectivity index (χ1n) is 8.33. The fraction of sp³-hybridized carbons (Fsp3) is 0.412. The van der Waals surface area contributed by atoms with E-state index in [-0.39, 0.29) is 11.7 Å². The van der Waals surface area contributed by atoms with Crippen molar-refractivity contribution in [2.75, 3.05) is 24.7 Å². The second kappa shape index (κ2) is 6.38. The second-order valence-corrected chi connectivity index (χ2v) is 6.32. The molecule has 0 saturated carbocycles. The molecule has 1 saturated heterocycles. The third-order valence-corrected chi connectivity index (χ3v) is 4.64. The molecule has 2 aliphatic heterocycles. The molecule has 1 aromatic carbocycles. The molecule has 1 N–H and O–H groups in total. The van der Waals surface area contributed by atoms with Crippen molar-refractivity contribution in [1.82, 2.24) is 15.3 Å². The van der Waals surface area contributed by atoms with Crippen LogP contribution < -0.4 is 10.2 Å². The van der Waals surface area contributed by atoms with E-state index in [1.165, 1.54) is 12.1 Å². The van der Waals surface area contributed by atoms with Gasteiger partial charge in [-0.3, -0.25) is 10.1 Å². The number of morpholine rings is 1. The SMILES string of the molecule is C[C@H]1COCCN1c1nc(-c2ccc([N+](=O)[O-])cc2)nc2c1CNC2. The highest BCUT2D eigenvalue weighted by Gasteiger charge is 2.27. The third kappa shape index (κ3) is 2.94. The molecule has 0 aliphatic carbocycles. The van der Waals surface area contributed by atoms with Crippen LogP contribution >= 0.6 is 0 Å². The van der Waals surface area contributed by atoms with Crippen molar-refractivity contribution in [2.24, 2.45) is 0 Å². The number of non-ortho nitro benzene ring substituents is 1. The van der Waals surface area contributed by atoms with Crippen LogP contribution in [0.4, 0.5) is 11.5 Å². The molecule has 25 heavy (non-hydrogen) atoms. The maximum absolute atomic E-state index is 10.8. The highest BCUT2D eigenvalue weighted by Crippen LogP contribution is 2.30. The van der Waals surface area contributed by atoms with Gasteiger partial charge in [-0.2, -0.15) is 0 Å². The highest BCUT2D eigenvalue weighted by molar-refractivity contribution is 5.63. The smallest absolute Gasteiger partial charge is 0.269 e. The van der Waals surface area contributed by atoms with Crippen molar-refractivity contribution < 1.29 is 9.66 Å². The summed E-state index contributed by atoms with van der Waals surface area (Å²) in [6.07, 6.45) is 0. The van der Waals surface area contributed by atoms with Crippen LogP contribution in [0, 0.1) is 10.1 Å². The normalized spacial score (nSPS) is 19.7. The fourth-order valence-electron chi connectivity index (χ4n) is 3.29. The molecule has 0 unspecified atom stereocenters. The first kappa shape index (κ1) is 15.9. The molecule has 2 aliphatic rings. The van der Waals surface area contributed by atoms with E-state index in [4.69, 9.17) is 9.72 Å². The molecule has 0 radical (unpaired) electrons. The van der Waals surface area contributed by atoms with E-state index in [0.717, 1.165) is 35.7 Å². The Bertz CT molecular complexity index is 809. The lowest BCUT2D eigenvalue weighted by Gasteiger charge is -2.35. The number of hydrogen-bond acceptors (Lipinski definition) is 7. The number of rotatable bonds is 3. The molecular formula is C17H19N5O3. The lowest BCUT2D eigenvalue weighted by molar-refractivity contribution is -0.384. The van der Waals surface area contributed by atoms with Crippen LogP contribution in [0.25, 0.3) is 11.4 Å². The maximum atomic E-state index is 10.8. The molecule has 4 rings (SSSR count). The summed E-state index contributed by atoms with van der Waals surface area (Å²) in [5.74, 6) is 1.55. The number of benzene rings is 1. The van der Waals surface area contributed by atoms with Crippen LogP contribution in [0.3, 0.4) is 0 Å². The van der Waals surface area contributed by atoms with E-state index in [2.05, 4.69) is 22.1 Å². The summed E-state index contributed by atoms with van der Waals surface area (Å²) in [6, 6.07) is 6.63. The van der Waals surface area contributed by atoms with Gasteiger partial charge in [-0.15, -0.1) is 0 Å². The van der Waals surface area contributed by atoms with E-state index in [1.54, 1.807) is 12.1 Å². The van der Waals surface area contributed by atoms with Gasteiger partial charge in [-0.25, -0.2) is 9.97 Å². The Labute approximate surface area is 145 Å². The standard InChI is InChI=1S/C17H19N5O3/c1-11-10-25-7-6-21(11)17-14-8-18-9-15(14)19-16(20-17)12-2-4-13(5-3-12)22(23)24/h2-5,11,18H,6-10H2,1H3/t11-/m0/s1. The number of nitrogens with zero attached hydrogens (tertiary/aromatic N) is 4. The molecule has 0 bridgehead atoms. The minimum Gasteiger partial charge on any atom is -0.377 e. The number of anilines is 1. The number of fused-ring (bicyclic) bond motifs is 1. The van der Waals surface area contributed by atoms with Crippen LogP contribution in [-0.2, 0) is 17.8 Å². The van der Waals surface area contributed by atoms with Crippen LogP contribution in [0.15, 0.2) is 24.3 Å². The molecule has 0 amide bonds. The fourth-order valence-corrected chi connectivity index (χ4v) is 3.29. The lowest BCUT2D eigenvalue weighted by atomic mass is 10.1. The molecule has 8 nitrogen and oxygen atoms in total. The Balaban J connectivity index is 1.76. The number of nitrogens with one attached hydrogen (secondary N) is 1. The number of aromatic nitrogens is 2. The van der Waals surface area contributed by atoms with E-state index >= 15 is 0 Å². The molecule has 0 spiro atoms. The minimum absolute atomic E-state index is 0.0635. The van der Waals surface area contributed by atoms with E-state index in [1.807, 2.05) is 0 Å². The number of nitro benzene ring substituents is 1. The maximum Gasteiger partial charge on any atom is 0.269 e. The summed E-state index contributed by atoms with van der Waals surface area (Å²) < 4.78 is 5.54. The predicted molar refractivity (Wildman–Crippen MR) is 92.3 cm³/mol. The zero-order valence-electron chi connectivity index (χ0n) is 13.9. The Kier molecular flexibility index (Phi) is 4.06. The molecule has 3 heterocycles. The van der Waals surface area contributed by atoms with E-state index in [0.29, 0.717) is 25.6 Å². The summed E-state index contributed by atoms with van der Waals surface area (Å²) in [5, 5.41) is 14.2. The summed E-state index contributed by atoms with van der Waals surface area (Å²) >= 11 is 0. The average Bonchev–Trinajstić information content (AvgIpc) is 3.10. The molecule has 8 heteroatoms. The van der Waals surface area contributed by atoms with Gasteiger partial charge in [0, 0.05) is 42.9 Å². The van der Waals surface area contributed by atoms with Crippen LogP contribution in [0.1, 0.15) is 18.2 Å². The lowest BCUT2D eigenvalue weighted by Crippen LogP contribution is -2.44. The first-order valence-corrected chi connectivity index (χ1v) is 8.33. The Morgan fingerprint density at radius 1 is 1.28 bits per heavy atom. The van der Waals surface area contributed by atoms with Gasteiger partial charge in [-0.05, 0) is 19.1 Å². The molecule has 2 aromatic rings. The quantitative estimate of drug-likeness (QED) is 0.673. The average molecular weight is 341 g/mol. The molecule has 1 atom stereocenters.